The van der Waals surface area contributed by atoms with E-state index in [9.17, 15) is 14.4 Å². The highest BCUT2D eigenvalue weighted by molar-refractivity contribution is 6.40. The molecule has 1 aliphatic carbocycles. The van der Waals surface area contributed by atoms with Crippen LogP contribution in [0.4, 0.5) is 0 Å². The Morgan fingerprint density at radius 3 is 2.59 bits per heavy atom. The lowest BCUT2D eigenvalue weighted by molar-refractivity contribution is -0.134. The van der Waals surface area contributed by atoms with E-state index in [4.69, 9.17) is 0 Å². The summed E-state index contributed by atoms with van der Waals surface area (Å²) in [6, 6.07) is -0.409. The molecule has 2 unspecified atom stereocenters. The Morgan fingerprint density at radius 2 is 1.93 bits per heavy atom. The Bertz CT molecular complexity index is 684. The number of carbonyl (C=O) groups is 3. The molecule has 0 spiro atoms. The fourth-order valence-electron chi connectivity index (χ4n) is 4.46. The Morgan fingerprint density at radius 1 is 1.17 bits per heavy atom. The maximum atomic E-state index is 13.0. The van der Waals surface area contributed by atoms with Gasteiger partial charge in [0.15, 0.2) is 0 Å². The molecule has 0 radical (unpaired) electrons. The number of nitrogens with one attached hydrogen (secondary N) is 2. The largest absolute Gasteiger partial charge is 0.373 e. The van der Waals surface area contributed by atoms with Crippen LogP contribution in [-0.4, -0.2) is 72.0 Å². The average Bonchev–Trinajstić information content (AvgIpc) is 3.16. The van der Waals surface area contributed by atoms with Crippen LogP contribution in [0.15, 0.2) is 17.4 Å². The molecule has 0 aromatic carbocycles. The number of hydrogen-bond acceptors (Lipinski definition) is 5. The van der Waals surface area contributed by atoms with Crippen molar-refractivity contribution in [1.29, 1.82) is 0 Å². The Labute approximate surface area is 172 Å². The summed E-state index contributed by atoms with van der Waals surface area (Å²) in [4.78, 5) is 46.0. The van der Waals surface area contributed by atoms with Gasteiger partial charge in [0.25, 0.3) is 5.91 Å². The van der Waals surface area contributed by atoms with Gasteiger partial charge in [0.2, 0.25) is 11.8 Å². The maximum absolute atomic E-state index is 13.0. The lowest BCUT2D eigenvalue weighted by atomic mass is 9.83. The number of hydrogen-bond donors (Lipinski definition) is 2. The van der Waals surface area contributed by atoms with E-state index in [1.165, 1.54) is 0 Å². The zero-order valence-electron chi connectivity index (χ0n) is 17.5. The Hall–Kier alpha value is -2.38. The highest BCUT2D eigenvalue weighted by Gasteiger charge is 2.33. The second-order valence-corrected chi connectivity index (χ2v) is 8.43. The van der Waals surface area contributed by atoms with Gasteiger partial charge in [-0.1, -0.05) is 19.3 Å². The summed E-state index contributed by atoms with van der Waals surface area (Å²) in [6.45, 7) is 3.18. The highest BCUT2D eigenvalue weighted by Crippen LogP contribution is 2.27. The van der Waals surface area contributed by atoms with E-state index in [-0.39, 0.29) is 36.2 Å². The lowest BCUT2D eigenvalue weighted by Gasteiger charge is -2.31. The summed E-state index contributed by atoms with van der Waals surface area (Å²) in [7, 11) is 1.87. The first kappa shape index (κ1) is 21.3. The molecule has 2 atom stereocenters. The van der Waals surface area contributed by atoms with Crippen molar-refractivity contribution in [3.63, 3.8) is 0 Å². The van der Waals surface area contributed by atoms with Crippen molar-refractivity contribution in [2.75, 3.05) is 26.7 Å². The summed E-state index contributed by atoms with van der Waals surface area (Å²) < 4.78 is 0. The SMILES string of the molecule is CC1CCCN1C(=O)CNC(=O)C(NC(=O)C1=NC=CN(C)C1)C1CCCCC1. The van der Waals surface area contributed by atoms with Gasteiger partial charge in [-0.15, -0.1) is 0 Å². The van der Waals surface area contributed by atoms with Crippen LogP contribution in [0, 0.1) is 5.92 Å². The van der Waals surface area contributed by atoms with Crippen molar-refractivity contribution >= 4 is 23.4 Å². The van der Waals surface area contributed by atoms with E-state index in [1.54, 1.807) is 12.4 Å². The average molecular weight is 404 g/mol. The van der Waals surface area contributed by atoms with E-state index in [0.717, 1.165) is 51.5 Å². The Balaban J connectivity index is 1.62. The Kier molecular flexibility index (Phi) is 7.28. The molecule has 2 aliphatic heterocycles. The van der Waals surface area contributed by atoms with Gasteiger partial charge in [-0.05, 0) is 38.5 Å². The molecule has 29 heavy (non-hydrogen) atoms. The van der Waals surface area contributed by atoms with Crippen LogP contribution in [-0.2, 0) is 14.4 Å². The first-order chi connectivity index (χ1) is 14.0. The molecule has 1 saturated heterocycles. The molecule has 3 amide bonds. The monoisotopic (exact) mass is 403 g/mol. The molecule has 2 heterocycles. The molecular weight excluding hydrogens is 370 g/mol. The van der Waals surface area contributed by atoms with Gasteiger partial charge in [0.1, 0.15) is 11.8 Å². The molecule has 3 aliphatic rings. The fourth-order valence-corrected chi connectivity index (χ4v) is 4.46. The fraction of sp³-hybridized carbons (Fsp3) is 0.714. The van der Waals surface area contributed by atoms with Gasteiger partial charge in [-0.2, -0.15) is 0 Å². The van der Waals surface area contributed by atoms with E-state index >= 15 is 0 Å². The predicted molar refractivity (Wildman–Crippen MR) is 111 cm³/mol. The van der Waals surface area contributed by atoms with Crippen molar-refractivity contribution in [3.05, 3.63) is 12.4 Å². The van der Waals surface area contributed by atoms with Crippen LogP contribution >= 0.6 is 0 Å². The molecule has 8 heteroatoms. The van der Waals surface area contributed by atoms with Crippen LogP contribution in [0.1, 0.15) is 51.9 Å². The minimum absolute atomic E-state index is 0.0192. The summed E-state index contributed by atoms with van der Waals surface area (Å²) in [5, 5.41) is 5.70. The quantitative estimate of drug-likeness (QED) is 0.693. The van der Waals surface area contributed by atoms with Gasteiger partial charge < -0.3 is 20.4 Å². The summed E-state index contributed by atoms with van der Waals surface area (Å²) >= 11 is 0. The smallest absolute Gasteiger partial charge is 0.268 e. The third-order valence-corrected chi connectivity index (χ3v) is 6.19. The second kappa shape index (κ2) is 9.89. The van der Waals surface area contributed by atoms with Crippen molar-refractivity contribution in [2.24, 2.45) is 10.9 Å². The molecular formula is C21H33N5O3. The number of nitrogens with zero attached hydrogens (tertiary/aromatic N) is 3. The minimum atomic E-state index is -0.634. The van der Waals surface area contributed by atoms with Crippen LogP contribution in [0.25, 0.3) is 0 Å². The first-order valence-electron chi connectivity index (χ1n) is 10.8. The van der Waals surface area contributed by atoms with Gasteiger partial charge in [-0.3, -0.25) is 19.4 Å². The lowest BCUT2D eigenvalue weighted by Crippen LogP contribution is -2.55. The third kappa shape index (κ3) is 5.58. The summed E-state index contributed by atoms with van der Waals surface area (Å²) in [6.07, 6.45) is 10.5. The zero-order valence-corrected chi connectivity index (χ0v) is 17.5. The van der Waals surface area contributed by atoms with Gasteiger partial charge >= 0.3 is 0 Å². The molecule has 2 fully saturated rings. The molecule has 0 bridgehead atoms. The van der Waals surface area contributed by atoms with Gasteiger partial charge in [-0.25, -0.2) is 0 Å². The first-order valence-corrected chi connectivity index (χ1v) is 10.8. The predicted octanol–water partition coefficient (Wildman–Crippen LogP) is 1.04. The third-order valence-electron chi connectivity index (χ3n) is 6.19. The molecule has 160 valence electrons. The van der Waals surface area contributed by atoms with Crippen molar-refractivity contribution < 1.29 is 14.4 Å². The molecule has 3 rings (SSSR count). The van der Waals surface area contributed by atoms with Crippen LogP contribution in [0.3, 0.4) is 0 Å². The topological polar surface area (TPSA) is 94.1 Å². The molecule has 0 aromatic rings. The summed E-state index contributed by atoms with van der Waals surface area (Å²) in [5.41, 5.74) is 0.394. The van der Waals surface area contributed by atoms with Crippen molar-refractivity contribution in [3.8, 4) is 0 Å². The number of amides is 3. The standard InChI is InChI=1S/C21H33N5O3/c1-15-7-6-11-26(15)18(27)13-23-21(29)19(16-8-4-3-5-9-16)24-20(28)17-14-25(2)12-10-22-17/h10,12,15-16,19H,3-9,11,13-14H2,1-2H3,(H,23,29)(H,24,28). The highest BCUT2D eigenvalue weighted by atomic mass is 16.2. The number of aliphatic imine (C=N–C) groups is 1. The second-order valence-electron chi connectivity index (χ2n) is 8.43. The number of likely N-dealkylation sites (tertiary alicyclic amines) is 1. The van der Waals surface area contributed by atoms with Crippen LogP contribution in [0.2, 0.25) is 0 Å². The number of rotatable bonds is 6. The van der Waals surface area contributed by atoms with E-state index in [1.807, 2.05) is 23.8 Å². The van der Waals surface area contributed by atoms with Crippen molar-refractivity contribution in [2.45, 2.75) is 64.0 Å². The van der Waals surface area contributed by atoms with Crippen LogP contribution in [0.5, 0.6) is 0 Å². The number of carbonyl (C=O) groups excluding carboxylic acids is 3. The normalized spacial score (nSPS) is 23.5. The maximum Gasteiger partial charge on any atom is 0.268 e. The van der Waals surface area contributed by atoms with Crippen molar-refractivity contribution in [1.82, 2.24) is 20.4 Å². The summed E-state index contributed by atoms with van der Waals surface area (Å²) in [5.74, 6) is -0.552. The molecule has 1 saturated carbocycles. The van der Waals surface area contributed by atoms with E-state index < -0.39 is 6.04 Å². The van der Waals surface area contributed by atoms with Crippen LogP contribution < -0.4 is 10.6 Å². The molecule has 2 N–H and O–H groups in total. The minimum Gasteiger partial charge on any atom is -0.373 e. The van der Waals surface area contributed by atoms with E-state index in [0.29, 0.717) is 12.3 Å². The van der Waals surface area contributed by atoms with Gasteiger partial charge in [0.05, 0.1) is 13.1 Å². The molecule has 8 nitrogen and oxygen atoms in total. The zero-order chi connectivity index (χ0) is 20.8. The van der Waals surface area contributed by atoms with Gasteiger partial charge in [0, 0.05) is 32.0 Å². The van der Waals surface area contributed by atoms with E-state index in [2.05, 4.69) is 15.6 Å². The molecule has 0 aromatic heterocycles.